The predicted molar refractivity (Wildman–Crippen MR) is 231 cm³/mol. The normalized spacial score (nSPS) is 47.3. The maximum absolute atomic E-state index is 12.7. The van der Waals surface area contributed by atoms with Crippen molar-refractivity contribution < 1.29 is 86.3 Å². The van der Waals surface area contributed by atoms with Crippen LogP contribution in [-0.4, -0.2) is 138 Å². The van der Waals surface area contributed by atoms with Gasteiger partial charge in [-0.15, -0.1) is 0 Å². The van der Waals surface area contributed by atoms with Gasteiger partial charge in [0.05, 0.1) is 36.1 Å². The molecule has 4 aliphatic carbocycles. The molecule has 2 N–H and O–H groups in total. The highest BCUT2D eigenvalue weighted by Gasteiger charge is 2.70. The maximum Gasteiger partial charge on any atom is 0.331 e. The number of aliphatic hydroxyl groups is 2. The number of hydrogen-bond acceptors (Lipinski definition) is 18. The molecule has 8 rings (SSSR count). The van der Waals surface area contributed by atoms with Gasteiger partial charge in [-0.3, -0.25) is 19.2 Å². The summed E-state index contributed by atoms with van der Waals surface area (Å²) in [6, 6.07) is 0. The Morgan fingerprint density at radius 2 is 1.15 bits per heavy atom. The van der Waals surface area contributed by atoms with Crippen molar-refractivity contribution in [3.8, 4) is 0 Å². The van der Waals surface area contributed by atoms with Crippen molar-refractivity contribution in [3.63, 3.8) is 0 Å². The topological polar surface area (TPSA) is 227 Å². The fourth-order valence-corrected chi connectivity index (χ4v) is 14.1. The third-order valence-electron chi connectivity index (χ3n) is 17.0. The standard InChI is InChI=1S/C49H72O18/c1-23-44(64-29(7)53)36(61-26(4)50)19-41(59-23)66-46-25(3)60-42(20-38(46)63-28(6)52)67-45-24(2)58-40(18-37(45)62-27(5)51)65-32-12-14-47(8)31(17-32)10-11-34-33(47)13-15-48(9)43(30-16-39(55)57-22-30)35(54)21-49(34,48)56/h16,23-25,31-38,40-46,54,56H,10-15,17-22H2,1-9H3/t23-,24-,25-,31-,32+,33+,34-,35+,36+,37+,38+,40+,41+,42+,43+,44-,45?,46-,47+,48-,49+/m1/s1. The lowest BCUT2D eigenvalue weighted by molar-refractivity contribution is -0.337. The molecule has 4 heterocycles. The van der Waals surface area contributed by atoms with E-state index in [-0.39, 0.29) is 61.1 Å². The van der Waals surface area contributed by atoms with Gasteiger partial charge in [0.1, 0.15) is 37.1 Å². The Balaban J connectivity index is 0.885. The summed E-state index contributed by atoms with van der Waals surface area (Å²) in [5.41, 5.74) is -0.846. The molecule has 0 spiro atoms. The molecule has 4 aliphatic heterocycles. The lowest BCUT2D eigenvalue weighted by Crippen LogP contribution is -2.62. The van der Waals surface area contributed by atoms with Gasteiger partial charge in [0.25, 0.3) is 0 Å². The van der Waals surface area contributed by atoms with Gasteiger partial charge in [-0.2, -0.15) is 0 Å². The average molecular weight is 949 g/mol. The Bertz CT molecular complexity index is 1910. The van der Waals surface area contributed by atoms with E-state index in [1.165, 1.54) is 33.8 Å². The number of cyclic esters (lactones) is 1. The van der Waals surface area contributed by atoms with Crippen LogP contribution in [0.4, 0.5) is 0 Å². The summed E-state index contributed by atoms with van der Waals surface area (Å²) < 4.78 is 66.4. The van der Waals surface area contributed by atoms with E-state index in [0.29, 0.717) is 12.3 Å². The Morgan fingerprint density at radius 3 is 1.66 bits per heavy atom. The van der Waals surface area contributed by atoms with Gasteiger partial charge < -0.3 is 62.3 Å². The molecule has 67 heavy (non-hydrogen) atoms. The molecule has 4 saturated carbocycles. The van der Waals surface area contributed by atoms with E-state index in [1.54, 1.807) is 13.8 Å². The minimum Gasteiger partial charge on any atom is -0.459 e. The number of carbonyl (C=O) groups is 5. The number of esters is 5. The van der Waals surface area contributed by atoms with Crippen molar-refractivity contribution in [3.05, 3.63) is 11.6 Å². The number of hydrogen-bond donors (Lipinski definition) is 2. The molecule has 8 aliphatic rings. The second kappa shape index (κ2) is 19.5. The zero-order valence-corrected chi connectivity index (χ0v) is 40.4. The molecule has 18 heteroatoms. The molecule has 1 unspecified atom stereocenters. The Labute approximate surface area is 392 Å². The zero-order valence-electron chi connectivity index (χ0n) is 40.4. The fourth-order valence-electron chi connectivity index (χ4n) is 14.1. The molecule has 3 saturated heterocycles. The molecule has 0 aromatic rings. The highest BCUT2D eigenvalue weighted by atomic mass is 16.8. The van der Waals surface area contributed by atoms with Crippen molar-refractivity contribution in [2.24, 2.45) is 34.5 Å². The number of aliphatic hydroxyl groups excluding tert-OH is 1. The molecule has 7 fully saturated rings. The van der Waals surface area contributed by atoms with Gasteiger partial charge in [-0.05, 0) is 94.5 Å². The van der Waals surface area contributed by atoms with E-state index in [0.717, 1.165) is 50.5 Å². The van der Waals surface area contributed by atoms with E-state index in [2.05, 4.69) is 13.8 Å². The number of ether oxygens (including phenoxy) is 11. The summed E-state index contributed by atoms with van der Waals surface area (Å²) in [7, 11) is 0. The van der Waals surface area contributed by atoms with Crippen LogP contribution >= 0.6 is 0 Å². The number of rotatable bonds is 11. The van der Waals surface area contributed by atoms with Crippen LogP contribution < -0.4 is 0 Å². The van der Waals surface area contributed by atoms with Crippen molar-refractivity contribution in [2.75, 3.05) is 6.61 Å². The minimum atomic E-state index is -1.05. The van der Waals surface area contributed by atoms with E-state index >= 15 is 0 Å². The van der Waals surface area contributed by atoms with Crippen LogP contribution in [0.1, 0.15) is 133 Å². The number of fused-ring (bicyclic) bond motifs is 5. The second-order valence-electron chi connectivity index (χ2n) is 21.2. The summed E-state index contributed by atoms with van der Waals surface area (Å²) in [5, 5.41) is 24.1. The molecule has 0 aromatic heterocycles. The van der Waals surface area contributed by atoms with Crippen LogP contribution in [0.2, 0.25) is 0 Å². The SMILES string of the molecule is CC(=O)O[C@H]1[C@@H](OC(C)=O)C[C@H](O[C@H]2[C@@H](OC(C)=O)C[C@H](OC3[C@@H](OC(C)=O)C[C@H](O[C@H]4CC[C@@]5(C)[C@H](CC[C@@H]6[C@@H]5CC[C@]5(C)[C@@H](C7=CC(=O)OC7)[C@@H](O)C[C@]65O)C4)O[C@@H]3C)O[C@@H]2C)O[C@@H]1C. The van der Waals surface area contributed by atoms with Gasteiger partial charge in [-0.1, -0.05) is 13.8 Å². The quantitative estimate of drug-likeness (QED) is 0.165. The fraction of sp³-hybridized carbons (Fsp3) is 0.857. The molecule has 0 radical (unpaired) electrons. The molecule has 0 amide bonds. The Hall–Kier alpha value is -3.23. The van der Waals surface area contributed by atoms with Gasteiger partial charge >= 0.3 is 29.8 Å². The van der Waals surface area contributed by atoms with Crippen LogP contribution in [0, 0.1) is 34.5 Å². The van der Waals surface area contributed by atoms with Gasteiger partial charge in [0, 0.05) is 70.8 Å². The van der Waals surface area contributed by atoms with Crippen molar-refractivity contribution in [1.82, 2.24) is 0 Å². The number of carbonyl (C=O) groups excluding carboxylic acids is 5. The second-order valence-corrected chi connectivity index (χ2v) is 21.2. The molecule has 376 valence electrons. The molecular weight excluding hydrogens is 877 g/mol. The van der Waals surface area contributed by atoms with E-state index in [9.17, 15) is 34.2 Å². The molecular formula is C49H72O18. The lowest BCUT2D eigenvalue weighted by atomic mass is 9.43. The van der Waals surface area contributed by atoms with Gasteiger partial charge in [0.2, 0.25) is 0 Å². The molecule has 0 bridgehead atoms. The van der Waals surface area contributed by atoms with Gasteiger partial charge in [0.15, 0.2) is 25.0 Å². The first-order chi connectivity index (χ1) is 31.6. The van der Waals surface area contributed by atoms with Crippen molar-refractivity contribution in [2.45, 2.75) is 225 Å². The minimum absolute atomic E-state index is 0.0257. The third kappa shape index (κ3) is 9.93. The summed E-state index contributed by atoms with van der Waals surface area (Å²) in [4.78, 5) is 60.8. The lowest BCUT2D eigenvalue weighted by Gasteiger charge is -2.63. The Kier molecular flexibility index (Phi) is 14.6. The molecule has 0 aromatic carbocycles. The van der Waals surface area contributed by atoms with Crippen LogP contribution in [0.15, 0.2) is 11.6 Å². The van der Waals surface area contributed by atoms with Gasteiger partial charge in [-0.25, -0.2) is 4.79 Å². The highest BCUT2D eigenvalue weighted by molar-refractivity contribution is 5.85. The highest BCUT2D eigenvalue weighted by Crippen LogP contribution is 2.70. The van der Waals surface area contributed by atoms with Crippen LogP contribution in [-0.2, 0) is 76.1 Å². The average Bonchev–Trinajstić information content (AvgIpc) is 3.73. The summed E-state index contributed by atoms with van der Waals surface area (Å²) >= 11 is 0. The Morgan fingerprint density at radius 1 is 0.642 bits per heavy atom. The smallest absolute Gasteiger partial charge is 0.331 e. The van der Waals surface area contributed by atoms with Crippen molar-refractivity contribution >= 4 is 29.8 Å². The molecule has 18 nitrogen and oxygen atoms in total. The monoisotopic (exact) mass is 948 g/mol. The summed E-state index contributed by atoms with van der Waals surface area (Å²) in [6.07, 6.45) is -2.10. The summed E-state index contributed by atoms with van der Waals surface area (Å²) in [6.45, 7) is 15.1. The predicted octanol–water partition coefficient (Wildman–Crippen LogP) is 4.50. The van der Waals surface area contributed by atoms with E-state index in [1.807, 2.05) is 6.92 Å². The maximum atomic E-state index is 12.7. The largest absolute Gasteiger partial charge is 0.459 e. The summed E-state index contributed by atoms with van der Waals surface area (Å²) in [5.74, 6) is -2.17. The third-order valence-corrected chi connectivity index (χ3v) is 17.0. The zero-order chi connectivity index (χ0) is 48.3. The van der Waals surface area contributed by atoms with E-state index < -0.39 is 115 Å². The van der Waals surface area contributed by atoms with Crippen LogP contribution in [0.5, 0.6) is 0 Å². The van der Waals surface area contributed by atoms with Crippen molar-refractivity contribution in [1.29, 1.82) is 0 Å². The first-order valence-corrected chi connectivity index (χ1v) is 24.5. The van der Waals surface area contributed by atoms with Crippen LogP contribution in [0.25, 0.3) is 0 Å². The van der Waals surface area contributed by atoms with E-state index in [4.69, 9.17) is 52.1 Å². The van der Waals surface area contributed by atoms with Crippen LogP contribution in [0.3, 0.4) is 0 Å². The molecule has 21 atom stereocenters. The first-order valence-electron chi connectivity index (χ1n) is 24.5. The first kappa shape index (κ1) is 50.2.